The van der Waals surface area contributed by atoms with Crippen LogP contribution in [0.2, 0.25) is 5.02 Å². The molecule has 23 heavy (non-hydrogen) atoms. The van der Waals surface area contributed by atoms with Gasteiger partial charge in [-0.25, -0.2) is 18.1 Å². The van der Waals surface area contributed by atoms with Crippen molar-refractivity contribution in [2.24, 2.45) is 0 Å². The third-order valence-corrected chi connectivity index (χ3v) is 3.67. The smallest absolute Gasteiger partial charge is 0.355 e. The second-order valence-corrected chi connectivity index (χ2v) is 6.26. The minimum atomic E-state index is -4.99. The standard InChI is InChI=1S/C13H9ClF2N2O4S/c14-9-3-6-11(17-7-9)22-10-4-1-8(2-5-10)12(19)18-23(20,21)13(15)16/h1-7,13H,(H,18,19). The van der Waals surface area contributed by atoms with E-state index in [9.17, 15) is 22.0 Å². The number of hydrogen-bond donors (Lipinski definition) is 1. The first kappa shape index (κ1) is 17.1. The van der Waals surface area contributed by atoms with Gasteiger partial charge >= 0.3 is 5.76 Å². The van der Waals surface area contributed by atoms with Crippen LogP contribution < -0.4 is 9.46 Å². The molecule has 0 radical (unpaired) electrons. The number of benzene rings is 1. The molecule has 0 saturated carbocycles. The van der Waals surface area contributed by atoms with E-state index in [1.165, 1.54) is 41.3 Å². The number of ether oxygens (including phenoxy) is 1. The van der Waals surface area contributed by atoms with Gasteiger partial charge in [0.15, 0.2) is 0 Å². The molecule has 0 aliphatic heterocycles. The van der Waals surface area contributed by atoms with Gasteiger partial charge in [-0.2, -0.15) is 8.78 Å². The number of pyridine rings is 1. The maximum absolute atomic E-state index is 12.2. The number of sulfonamides is 1. The minimum absolute atomic E-state index is 0.120. The topological polar surface area (TPSA) is 85.4 Å². The molecule has 2 aromatic rings. The first-order valence-electron chi connectivity index (χ1n) is 6.01. The third kappa shape index (κ3) is 4.60. The number of aromatic nitrogens is 1. The zero-order chi connectivity index (χ0) is 17.0. The predicted molar refractivity (Wildman–Crippen MR) is 78.2 cm³/mol. The molecule has 0 spiro atoms. The Bertz CT molecular complexity index is 796. The first-order valence-corrected chi connectivity index (χ1v) is 7.94. The lowest BCUT2D eigenvalue weighted by Crippen LogP contribution is -2.34. The van der Waals surface area contributed by atoms with Crippen molar-refractivity contribution in [3.8, 4) is 11.6 Å². The van der Waals surface area contributed by atoms with Gasteiger partial charge in [0.25, 0.3) is 15.9 Å². The van der Waals surface area contributed by atoms with E-state index in [1.54, 1.807) is 6.07 Å². The molecule has 2 rings (SSSR count). The summed E-state index contributed by atoms with van der Waals surface area (Å²) in [7, 11) is -4.99. The van der Waals surface area contributed by atoms with E-state index in [-0.39, 0.29) is 11.4 Å². The molecule has 0 fully saturated rings. The lowest BCUT2D eigenvalue weighted by molar-refractivity contribution is 0.0977. The third-order valence-electron chi connectivity index (χ3n) is 2.51. The fraction of sp³-hybridized carbons (Fsp3) is 0.0769. The Morgan fingerprint density at radius 3 is 2.35 bits per heavy atom. The van der Waals surface area contributed by atoms with Gasteiger partial charge < -0.3 is 4.74 Å². The monoisotopic (exact) mass is 362 g/mol. The van der Waals surface area contributed by atoms with Crippen LogP contribution in [0.25, 0.3) is 0 Å². The number of hydrogen-bond acceptors (Lipinski definition) is 5. The predicted octanol–water partition coefficient (Wildman–Crippen LogP) is 2.81. The highest BCUT2D eigenvalue weighted by Gasteiger charge is 2.26. The summed E-state index contributed by atoms with van der Waals surface area (Å²) in [4.78, 5) is 15.5. The van der Waals surface area contributed by atoms with E-state index < -0.39 is 21.7 Å². The molecule has 1 aromatic heterocycles. The molecule has 0 atom stereocenters. The normalized spacial score (nSPS) is 11.3. The summed E-state index contributed by atoms with van der Waals surface area (Å²) in [5.41, 5.74) is -0.120. The molecule has 0 aliphatic rings. The second-order valence-electron chi connectivity index (χ2n) is 4.18. The quantitative estimate of drug-likeness (QED) is 0.884. The summed E-state index contributed by atoms with van der Waals surface area (Å²) in [6.07, 6.45) is 1.38. The second kappa shape index (κ2) is 6.88. The van der Waals surface area contributed by atoms with Crippen LogP contribution in [-0.2, 0) is 10.0 Å². The molecule has 0 aliphatic carbocycles. The Balaban J connectivity index is 2.07. The highest BCUT2D eigenvalue weighted by atomic mass is 35.5. The molecule has 6 nitrogen and oxygen atoms in total. The number of rotatable bonds is 5. The van der Waals surface area contributed by atoms with Crippen LogP contribution in [0.3, 0.4) is 0 Å². The molecular formula is C13H9ClF2N2O4S. The van der Waals surface area contributed by atoms with Crippen molar-refractivity contribution in [3.05, 3.63) is 53.2 Å². The Morgan fingerprint density at radius 2 is 1.83 bits per heavy atom. The van der Waals surface area contributed by atoms with Crippen LogP contribution in [0.5, 0.6) is 11.6 Å². The summed E-state index contributed by atoms with van der Waals surface area (Å²) in [5, 5.41) is 0.435. The van der Waals surface area contributed by atoms with Gasteiger partial charge in [-0.3, -0.25) is 4.79 Å². The lowest BCUT2D eigenvalue weighted by Gasteiger charge is -2.07. The van der Waals surface area contributed by atoms with E-state index in [0.29, 0.717) is 10.8 Å². The molecule has 10 heteroatoms. The van der Waals surface area contributed by atoms with Crippen LogP contribution in [0, 0.1) is 0 Å². The largest absolute Gasteiger partial charge is 0.439 e. The maximum Gasteiger partial charge on any atom is 0.355 e. The van der Waals surface area contributed by atoms with Crippen LogP contribution in [0.4, 0.5) is 8.78 Å². The molecular weight excluding hydrogens is 354 g/mol. The summed E-state index contributed by atoms with van der Waals surface area (Å²) >= 11 is 5.68. The summed E-state index contributed by atoms with van der Waals surface area (Å²) in [6.45, 7) is 0. The number of nitrogens with one attached hydrogen (secondary N) is 1. The fourth-order valence-corrected chi connectivity index (χ4v) is 2.03. The highest BCUT2D eigenvalue weighted by Crippen LogP contribution is 2.21. The van der Waals surface area contributed by atoms with Crippen LogP contribution in [0.1, 0.15) is 10.4 Å². The van der Waals surface area contributed by atoms with Crippen molar-refractivity contribution >= 4 is 27.5 Å². The van der Waals surface area contributed by atoms with Crippen molar-refractivity contribution in [2.75, 3.05) is 0 Å². The summed E-state index contributed by atoms with van der Waals surface area (Å²) in [6, 6.07) is 8.27. The Morgan fingerprint density at radius 1 is 1.17 bits per heavy atom. The van der Waals surface area contributed by atoms with E-state index >= 15 is 0 Å². The average Bonchev–Trinajstić information content (AvgIpc) is 2.49. The number of nitrogens with zero attached hydrogens (tertiary/aromatic N) is 1. The molecule has 1 aromatic carbocycles. The lowest BCUT2D eigenvalue weighted by atomic mass is 10.2. The van der Waals surface area contributed by atoms with Gasteiger partial charge in [-0.1, -0.05) is 11.6 Å². The fourth-order valence-electron chi connectivity index (χ4n) is 1.45. The number of halogens is 3. The number of carbonyl (C=O) groups is 1. The van der Waals surface area contributed by atoms with Gasteiger partial charge in [0.05, 0.1) is 5.02 Å². The molecule has 1 N–H and O–H groups in total. The van der Waals surface area contributed by atoms with Crippen molar-refractivity contribution in [2.45, 2.75) is 5.76 Å². The Kier molecular flexibility index (Phi) is 5.12. The highest BCUT2D eigenvalue weighted by molar-refractivity contribution is 7.90. The molecule has 122 valence electrons. The van der Waals surface area contributed by atoms with Crippen molar-refractivity contribution in [1.29, 1.82) is 0 Å². The van der Waals surface area contributed by atoms with Gasteiger partial charge in [0.1, 0.15) is 5.75 Å². The number of carbonyl (C=O) groups excluding carboxylic acids is 1. The Hall–Kier alpha value is -2.26. The van der Waals surface area contributed by atoms with Crippen LogP contribution >= 0.6 is 11.6 Å². The molecule has 1 heterocycles. The molecule has 1 amide bonds. The van der Waals surface area contributed by atoms with Crippen LogP contribution in [-0.4, -0.2) is 25.1 Å². The zero-order valence-corrected chi connectivity index (χ0v) is 12.8. The van der Waals surface area contributed by atoms with Crippen molar-refractivity contribution in [3.63, 3.8) is 0 Å². The summed E-state index contributed by atoms with van der Waals surface area (Å²) in [5.74, 6) is -4.29. The van der Waals surface area contributed by atoms with E-state index in [2.05, 4.69) is 4.98 Å². The molecule has 0 saturated heterocycles. The molecule has 0 unspecified atom stereocenters. The van der Waals surface area contributed by atoms with Crippen LogP contribution in [0.15, 0.2) is 42.6 Å². The van der Waals surface area contributed by atoms with Gasteiger partial charge in [0, 0.05) is 17.8 Å². The van der Waals surface area contributed by atoms with E-state index in [1.807, 2.05) is 0 Å². The molecule has 0 bridgehead atoms. The van der Waals surface area contributed by atoms with Gasteiger partial charge in [0.2, 0.25) is 5.88 Å². The van der Waals surface area contributed by atoms with Gasteiger partial charge in [-0.05, 0) is 30.3 Å². The first-order chi connectivity index (χ1) is 10.8. The maximum atomic E-state index is 12.2. The minimum Gasteiger partial charge on any atom is -0.439 e. The number of amides is 1. The summed E-state index contributed by atoms with van der Waals surface area (Å²) < 4.78 is 52.8. The SMILES string of the molecule is O=C(NS(=O)(=O)C(F)F)c1ccc(Oc2ccc(Cl)cn2)cc1. The average molecular weight is 363 g/mol. The number of alkyl halides is 2. The van der Waals surface area contributed by atoms with E-state index in [4.69, 9.17) is 16.3 Å². The van der Waals surface area contributed by atoms with E-state index in [0.717, 1.165) is 0 Å². The Labute approximate surface area is 135 Å². The zero-order valence-electron chi connectivity index (χ0n) is 11.2. The van der Waals surface area contributed by atoms with Crippen molar-refractivity contribution < 1.29 is 26.7 Å². The van der Waals surface area contributed by atoms with Gasteiger partial charge in [-0.15, -0.1) is 0 Å². The van der Waals surface area contributed by atoms with Crippen molar-refractivity contribution in [1.82, 2.24) is 9.71 Å².